The minimum Gasteiger partial charge on any atom is -0.481 e. The first-order valence-corrected chi connectivity index (χ1v) is 6.97. The van der Waals surface area contributed by atoms with E-state index in [1.807, 2.05) is 0 Å². The lowest BCUT2D eigenvalue weighted by atomic mass is 9.77. The van der Waals surface area contributed by atoms with Crippen molar-refractivity contribution >= 4 is 11.9 Å². The van der Waals surface area contributed by atoms with Crippen molar-refractivity contribution in [1.29, 1.82) is 0 Å². The van der Waals surface area contributed by atoms with E-state index in [0.29, 0.717) is 18.7 Å². The number of nitrogens with one attached hydrogen (secondary N) is 2. The van der Waals surface area contributed by atoms with Gasteiger partial charge in [-0.25, -0.2) is 4.98 Å². The van der Waals surface area contributed by atoms with E-state index in [1.54, 1.807) is 0 Å². The number of aliphatic carboxylic acids is 1. The van der Waals surface area contributed by atoms with Gasteiger partial charge in [0.1, 0.15) is 12.2 Å². The lowest BCUT2D eigenvalue weighted by Gasteiger charge is -2.27. The summed E-state index contributed by atoms with van der Waals surface area (Å²) in [7, 11) is 0. The van der Waals surface area contributed by atoms with Crippen LogP contribution in [0.4, 0.5) is 0 Å². The summed E-state index contributed by atoms with van der Waals surface area (Å²) in [4.78, 5) is 27.5. The molecule has 7 nitrogen and oxygen atoms in total. The van der Waals surface area contributed by atoms with Gasteiger partial charge < -0.3 is 10.4 Å². The molecule has 1 aliphatic carbocycles. The number of hydrogen-bond donors (Lipinski definition) is 3. The third-order valence-corrected chi connectivity index (χ3v) is 3.93. The highest BCUT2D eigenvalue weighted by atomic mass is 16.4. The van der Waals surface area contributed by atoms with Gasteiger partial charge >= 0.3 is 5.97 Å². The smallest absolute Gasteiger partial charge is 0.310 e. The number of hydrogen-bond acceptors (Lipinski definition) is 4. The van der Waals surface area contributed by atoms with Crippen LogP contribution in [0.5, 0.6) is 0 Å². The SMILES string of the molecule is O=C(CC1(C(=O)O)CCCCCC1)NCc1ncn[nH]1. The fourth-order valence-electron chi connectivity index (χ4n) is 2.74. The van der Waals surface area contributed by atoms with Crippen LogP contribution in [0.3, 0.4) is 0 Å². The molecule has 1 saturated carbocycles. The minimum absolute atomic E-state index is 0.0382. The Labute approximate surface area is 117 Å². The summed E-state index contributed by atoms with van der Waals surface area (Å²) in [6.07, 6.45) is 6.42. The first kappa shape index (κ1) is 14.5. The molecule has 0 bridgehead atoms. The molecule has 1 amide bonds. The van der Waals surface area contributed by atoms with E-state index in [2.05, 4.69) is 20.5 Å². The Morgan fingerprint density at radius 1 is 1.30 bits per heavy atom. The number of H-pyrrole nitrogens is 1. The molecule has 1 aliphatic rings. The highest BCUT2D eigenvalue weighted by Crippen LogP contribution is 2.38. The van der Waals surface area contributed by atoms with Crippen molar-refractivity contribution in [3.63, 3.8) is 0 Å². The molecule has 1 heterocycles. The monoisotopic (exact) mass is 280 g/mol. The standard InChI is InChI=1S/C13H20N4O3/c18-11(14-8-10-15-9-16-17-10)7-13(12(19)20)5-3-1-2-4-6-13/h9H,1-8H2,(H,14,18)(H,19,20)(H,15,16,17). The second-order valence-corrected chi connectivity index (χ2v) is 5.39. The Kier molecular flexibility index (Phi) is 4.70. The highest BCUT2D eigenvalue weighted by Gasteiger charge is 2.40. The van der Waals surface area contributed by atoms with E-state index < -0.39 is 11.4 Å². The van der Waals surface area contributed by atoms with E-state index in [-0.39, 0.29) is 18.9 Å². The predicted molar refractivity (Wildman–Crippen MR) is 70.6 cm³/mol. The van der Waals surface area contributed by atoms with Crippen LogP contribution in [0.2, 0.25) is 0 Å². The first-order chi connectivity index (χ1) is 9.62. The van der Waals surface area contributed by atoms with Crippen LogP contribution in [-0.4, -0.2) is 32.2 Å². The van der Waals surface area contributed by atoms with Crippen molar-refractivity contribution in [2.24, 2.45) is 5.41 Å². The van der Waals surface area contributed by atoms with Crippen LogP contribution in [-0.2, 0) is 16.1 Å². The average Bonchev–Trinajstić information content (AvgIpc) is 2.82. The van der Waals surface area contributed by atoms with Gasteiger partial charge in [0.05, 0.1) is 12.0 Å². The largest absolute Gasteiger partial charge is 0.481 e. The molecular formula is C13H20N4O3. The maximum atomic E-state index is 12.0. The summed E-state index contributed by atoms with van der Waals surface area (Å²) in [5.41, 5.74) is -0.901. The topological polar surface area (TPSA) is 108 Å². The molecular weight excluding hydrogens is 260 g/mol. The number of aromatic nitrogens is 3. The first-order valence-electron chi connectivity index (χ1n) is 6.97. The third-order valence-electron chi connectivity index (χ3n) is 3.93. The van der Waals surface area contributed by atoms with Gasteiger partial charge in [0.2, 0.25) is 5.91 Å². The van der Waals surface area contributed by atoms with Gasteiger partial charge in [-0.1, -0.05) is 25.7 Å². The van der Waals surface area contributed by atoms with Gasteiger partial charge in [-0.2, -0.15) is 5.10 Å². The Morgan fingerprint density at radius 3 is 2.55 bits per heavy atom. The van der Waals surface area contributed by atoms with Gasteiger partial charge in [0.15, 0.2) is 0 Å². The Balaban J connectivity index is 1.93. The van der Waals surface area contributed by atoms with Gasteiger partial charge in [-0.15, -0.1) is 0 Å². The van der Waals surface area contributed by atoms with E-state index in [0.717, 1.165) is 25.7 Å². The summed E-state index contributed by atoms with van der Waals surface area (Å²) >= 11 is 0. The Morgan fingerprint density at radius 2 is 2.00 bits per heavy atom. The molecule has 0 atom stereocenters. The van der Waals surface area contributed by atoms with Crippen LogP contribution in [0.25, 0.3) is 0 Å². The second kappa shape index (κ2) is 6.49. The molecule has 0 aromatic carbocycles. The second-order valence-electron chi connectivity index (χ2n) is 5.39. The molecule has 1 aromatic rings. The van der Waals surface area contributed by atoms with E-state index in [9.17, 15) is 14.7 Å². The summed E-state index contributed by atoms with van der Waals surface area (Å²) in [6.45, 7) is 0.245. The van der Waals surface area contributed by atoms with E-state index in [4.69, 9.17) is 0 Å². The summed E-state index contributed by atoms with van der Waals surface area (Å²) in [5, 5.41) is 18.5. The minimum atomic E-state index is -0.901. The molecule has 0 radical (unpaired) electrons. The van der Waals surface area contributed by atoms with Crippen LogP contribution in [0.15, 0.2) is 6.33 Å². The number of carboxylic acid groups (broad SMARTS) is 1. The van der Waals surface area contributed by atoms with E-state index in [1.165, 1.54) is 6.33 Å². The number of carboxylic acids is 1. The van der Waals surface area contributed by atoms with Crippen LogP contribution < -0.4 is 5.32 Å². The Hall–Kier alpha value is -1.92. The summed E-state index contributed by atoms with van der Waals surface area (Å²) < 4.78 is 0. The maximum Gasteiger partial charge on any atom is 0.310 e. The normalized spacial score (nSPS) is 18.2. The molecule has 2 rings (SSSR count). The number of amides is 1. The molecule has 0 aliphatic heterocycles. The molecule has 1 fully saturated rings. The predicted octanol–water partition coefficient (Wildman–Crippen LogP) is 1.24. The quantitative estimate of drug-likeness (QED) is 0.703. The van der Waals surface area contributed by atoms with Gasteiger partial charge in [0.25, 0.3) is 0 Å². The fraction of sp³-hybridized carbons (Fsp3) is 0.692. The van der Waals surface area contributed by atoms with Crippen molar-refractivity contribution < 1.29 is 14.7 Å². The highest BCUT2D eigenvalue weighted by molar-refractivity contribution is 5.84. The number of nitrogens with zero attached hydrogens (tertiary/aromatic N) is 2. The van der Waals surface area contributed by atoms with E-state index >= 15 is 0 Å². The zero-order valence-corrected chi connectivity index (χ0v) is 11.4. The molecule has 0 spiro atoms. The fourth-order valence-corrected chi connectivity index (χ4v) is 2.74. The summed E-state index contributed by atoms with van der Waals surface area (Å²) in [5.74, 6) is -0.538. The molecule has 7 heteroatoms. The van der Waals surface area contributed by atoms with Crippen LogP contribution in [0.1, 0.15) is 50.8 Å². The van der Waals surface area contributed by atoms with Crippen molar-refractivity contribution in [2.75, 3.05) is 0 Å². The zero-order chi connectivity index (χ0) is 14.4. The number of rotatable bonds is 5. The zero-order valence-electron chi connectivity index (χ0n) is 11.4. The lowest BCUT2D eigenvalue weighted by molar-refractivity contribution is -0.152. The van der Waals surface area contributed by atoms with Gasteiger partial charge in [-0.3, -0.25) is 14.7 Å². The number of carbonyl (C=O) groups is 2. The molecule has 0 unspecified atom stereocenters. The van der Waals surface area contributed by atoms with Crippen molar-refractivity contribution in [3.8, 4) is 0 Å². The van der Waals surface area contributed by atoms with Crippen LogP contribution >= 0.6 is 0 Å². The van der Waals surface area contributed by atoms with Gasteiger partial charge in [0, 0.05) is 6.42 Å². The third kappa shape index (κ3) is 3.55. The summed E-state index contributed by atoms with van der Waals surface area (Å²) in [6, 6.07) is 0. The molecule has 110 valence electrons. The molecule has 1 aromatic heterocycles. The van der Waals surface area contributed by atoms with Gasteiger partial charge in [-0.05, 0) is 12.8 Å². The van der Waals surface area contributed by atoms with Crippen LogP contribution in [0, 0.1) is 5.41 Å². The number of carbonyl (C=O) groups excluding carboxylic acids is 1. The molecule has 20 heavy (non-hydrogen) atoms. The average molecular weight is 280 g/mol. The molecule has 0 saturated heterocycles. The van der Waals surface area contributed by atoms with Crippen molar-refractivity contribution in [3.05, 3.63) is 12.2 Å². The van der Waals surface area contributed by atoms with Crippen molar-refractivity contribution in [1.82, 2.24) is 20.5 Å². The molecule has 3 N–H and O–H groups in total. The lowest BCUT2D eigenvalue weighted by Crippen LogP contribution is -2.37. The maximum absolute atomic E-state index is 12.0. The number of aromatic amines is 1. The Bertz CT molecular complexity index is 450. The van der Waals surface area contributed by atoms with Crippen molar-refractivity contribution in [2.45, 2.75) is 51.5 Å².